The third kappa shape index (κ3) is 2.67. The van der Waals surface area contributed by atoms with Gasteiger partial charge in [0.1, 0.15) is 0 Å². The van der Waals surface area contributed by atoms with Crippen molar-refractivity contribution < 1.29 is 0 Å². The zero-order valence-electron chi connectivity index (χ0n) is 11.4. The molecule has 5 heteroatoms. The molecule has 4 nitrogen and oxygen atoms in total. The number of hydrogen-bond acceptors (Lipinski definition) is 3. The van der Waals surface area contributed by atoms with E-state index < -0.39 is 0 Å². The predicted molar refractivity (Wildman–Crippen MR) is 83.9 cm³/mol. The van der Waals surface area contributed by atoms with Gasteiger partial charge in [-0.25, -0.2) is 9.50 Å². The molecule has 0 saturated heterocycles. The van der Waals surface area contributed by atoms with Crippen LogP contribution < -0.4 is 5.32 Å². The Balaban J connectivity index is 1.80. The van der Waals surface area contributed by atoms with Crippen LogP contribution in [0.25, 0.3) is 5.65 Å². The quantitative estimate of drug-likeness (QED) is 0.795. The lowest BCUT2D eigenvalue weighted by Crippen LogP contribution is -2.03. The van der Waals surface area contributed by atoms with E-state index in [1.807, 2.05) is 29.9 Å². The summed E-state index contributed by atoms with van der Waals surface area (Å²) in [7, 11) is 0. The van der Waals surface area contributed by atoms with Gasteiger partial charge in [-0.3, -0.25) is 0 Å². The highest BCUT2D eigenvalue weighted by Crippen LogP contribution is 2.23. The maximum absolute atomic E-state index is 4.40. The van der Waals surface area contributed by atoms with Crippen LogP contribution in [0.5, 0.6) is 0 Å². The standard InChI is InChI=1S/C15H15BrN4/c1-10-3-4-13(16)14(5-10)17-7-12-8-18-15-6-11(2)19-20(15)9-12/h3-6,8-9,17H,7H2,1-2H3. The van der Waals surface area contributed by atoms with Gasteiger partial charge in [0.2, 0.25) is 0 Å². The van der Waals surface area contributed by atoms with E-state index in [1.54, 1.807) is 0 Å². The number of nitrogens with one attached hydrogen (secondary N) is 1. The molecule has 0 aliphatic heterocycles. The first-order valence-corrected chi connectivity index (χ1v) is 7.22. The zero-order chi connectivity index (χ0) is 14.1. The number of halogens is 1. The Hall–Kier alpha value is -1.88. The first-order valence-electron chi connectivity index (χ1n) is 6.43. The Morgan fingerprint density at radius 2 is 2.10 bits per heavy atom. The summed E-state index contributed by atoms with van der Waals surface area (Å²) in [5.41, 5.74) is 5.26. The number of aromatic nitrogens is 3. The van der Waals surface area contributed by atoms with Crippen LogP contribution in [-0.4, -0.2) is 14.6 Å². The molecule has 0 bridgehead atoms. The highest BCUT2D eigenvalue weighted by molar-refractivity contribution is 9.10. The third-order valence-electron chi connectivity index (χ3n) is 3.09. The molecule has 3 rings (SSSR count). The monoisotopic (exact) mass is 330 g/mol. The van der Waals surface area contributed by atoms with Crippen LogP contribution in [-0.2, 0) is 6.54 Å². The van der Waals surface area contributed by atoms with Crippen LogP contribution in [0.4, 0.5) is 5.69 Å². The van der Waals surface area contributed by atoms with E-state index >= 15 is 0 Å². The third-order valence-corrected chi connectivity index (χ3v) is 3.79. The minimum atomic E-state index is 0.712. The van der Waals surface area contributed by atoms with Crippen LogP contribution in [0, 0.1) is 13.8 Å². The highest BCUT2D eigenvalue weighted by atomic mass is 79.9. The minimum absolute atomic E-state index is 0.712. The molecule has 0 spiro atoms. The fraction of sp³-hybridized carbons (Fsp3) is 0.200. The largest absolute Gasteiger partial charge is 0.380 e. The number of anilines is 1. The van der Waals surface area contributed by atoms with Gasteiger partial charge in [-0.05, 0) is 47.5 Å². The zero-order valence-corrected chi connectivity index (χ0v) is 13.0. The van der Waals surface area contributed by atoms with E-state index in [0.717, 1.165) is 27.1 Å². The summed E-state index contributed by atoms with van der Waals surface area (Å²) in [6, 6.07) is 8.22. The molecule has 0 atom stereocenters. The van der Waals surface area contributed by atoms with E-state index in [2.05, 4.69) is 56.5 Å². The van der Waals surface area contributed by atoms with Gasteiger partial charge < -0.3 is 5.32 Å². The van der Waals surface area contributed by atoms with Crippen molar-refractivity contribution in [1.82, 2.24) is 14.6 Å². The second-order valence-corrected chi connectivity index (χ2v) is 5.74. The molecule has 1 N–H and O–H groups in total. The van der Waals surface area contributed by atoms with Gasteiger partial charge in [-0.15, -0.1) is 0 Å². The fourth-order valence-electron chi connectivity index (χ4n) is 2.10. The smallest absolute Gasteiger partial charge is 0.155 e. The molecule has 102 valence electrons. The Morgan fingerprint density at radius 3 is 2.95 bits per heavy atom. The van der Waals surface area contributed by atoms with Crippen molar-refractivity contribution >= 4 is 27.3 Å². The lowest BCUT2D eigenvalue weighted by molar-refractivity contribution is 0.895. The lowest BCUT2D eigenvalue weighted by atomic mass is 10.2. The summed E-state index contributed by atoms with van der Waals surface area (Å²) in [5.74, 6) is 0. The van der Waals surface area contributed by atoms with Gasteiger partial charge in [-0.2, -0.15) is 5.10 Å². The summed E-state index contributed by atoms with van der Waals surface area (Å²) in [6.45, 7) is 4.76. The minimum Gasteiger partial charge on any atom is -0.380 e. The van der Waals surface area contributed by atoms with Crippen LogP contribution >= 0.6 is 15.9 Å². The topological polar surface area (TPSA) is 42.2 Å². The molecule has 20 heavy (non-hydrogen) atoms. The molecule has 0 aliphatic rings. The maximum atomic E-state index is 4.40. The maximum Gasteiger partial charge on any atom is 0.155 e. The van der Waals surface area contributed by atoms with Crippen LogP contribution in [0.15, 0.2) is 41.1 Å². The molecule has 0 radical (unpaired) electrons. The number of hydrogen-bond donors (Lipinski definition) is 1. The molecular weight excluding hydrogens is 316 g/mol. The summed E-state index contributed by atoms with van der Waals surface area (Å²) < 4.78 is 2.88. The highest BCUT2D eigenvalue weighted by Gasteiger charge is 2.03. The molecular formula is C15H15BrN4. The van der Waals surface area contributed by atoms with Gasteiger partial charge >= 0.3 is 0 Å². The van der Waals surface area contributed by atoms with Gasteiger partial charge in [-0.1, -0.05) is 6.07 Å². The summed E-state index contributed by atoms with van der Waals surface area (Å²) >= 11 is 3.55. The summed E-state index contributed by atoms with van der Waals surface area (Å²) in [6.07, 6.45) is 3.89. The molecule has 1 aromatic carbocycles. The number of benzene rings is 1. The number of aryl methyl sites for hydroxylation is 2. The van der Waals surface area contributed by atoms with Crippen molar-refractivity contribution in [3.63, 3.8) is 0 Å². The summed E-state index contributed by atoms with van der Waals surface area (Å²) in [5, 5.41) is 7.79. The van der Waals surface area contributed by atoms with E-state index in [0.29, 0.717) is 6.54 Å². The first kappa shape index (κ1) is 13.1. The average molecular weight is 331 g/mol. The molecule has 0 unspecified atom stereocenters. The SMILES string of the molecule is Cc1ccc(Br)c(NCc2cnc3cc(C)nn3c2)c1. The summed E-state index contributed by atoms with van der Waals surface area (Å²) in [4.78, 5) is 4.40. The Labute approximate surface area is 126 Å². The van der Waals surface area contributed by atoms with Gasteiger partial charge in [0.05, 0.1) is 5.69 Å². The molecule has 0 aliphatic carbocycles. The van der Waals surface area contributed by atoms with E-state index in [-0.39, 0.29) is 0 Å². The Bertz CT molecular complexity index is 764. The van der Waals surface area contributed by atoms with Crippen molar-refractivity contribution in [1.29, 1.82) is 0 Å². The van der Waals surface area contributed by atoms with Crippen LogP contribution in [0.1, 0.15) is 16.8 Å². The van der Waals surface area contributed by atoms with E-state index in [4.69, 9.17) is 0 Å². The molecule has 0 saturated carbocycles. The second-order valence-electron chi connectivity index (χ2n) is 4.89. The van der Waals surface area contributed by atoms with Gasteiger partial charge in [0.25, 0.3) is 0 Å². The van der Waals surface area contributed by atoms with Gasteiger partial charge in [0.15, 0.2) is 5.65 Å². The van der Waals surface area contributed by atoms with E-state index in [1.165, 1.54) is 5.56 Å². The number of rotatable bonds is 3. The predicted octanol–water partition coefficient (Wildman–Crippen LogP) is 3.72. The fourth-order valence-corrected chi connectivity index (χ4v) is 2.48. The van der Waals surface area contributed by atoms with Crippen LogP contribution in [0.3, 0.4) is 0 Å². The van der Waals surface area contributed by atoms with Crippen molar-refractivity contribution in [2.45, 2.75) is 20.4 Å². The molecule has 3 aromatic rings. The van der Waals surface area contributed by atoms with Crippen molar-refractivity contribution in [3.8, 4) is 0 Å². The van der Waals surface area contributed by atoms with Crippen LogP contribution in [0.2, 0.25) is 0 Å². The molecule has 2 heterocycles. The average Bonchev–Trinajstić information content (AvgIpc) is 2.79. The van der Waals surface area contributed by atoms with Crippen molar-refractivity contribution in [2.24, 2.45) is 0 Å². The normalized spacial score (nSPS) is 10.9. The van der Waals surface area contributed by atoms with Gasteiger partial charge in [0, 0.05) is 40.7 Å². The molecule has 0 fully saturated rings. The van der Waals surface area contributed by atoms with Crippen molar-refractivity contribution in [2.75, 3.05) is 5.32 Å². The Kier molecular flexibility index (Phi) is 3.44. The molecule has 0 amide bonds. The second kappa shape index (κ2) is 5.25. The van der Waals surface area contributed by atoms with Crippen molar-refractivity contribution in [3.05, 3.63) is 58.0 Å². The molecule has 2 aromatic heterocycles. The Morgan fingerprint density at radius 1 is 1.25 bits per heavy atom. The first-order chi connectivity index (χ1) is 9.61. The lowest BCUT2D eigenvalue weighted by Gasteiger charge is -2.09. The number of fused-ring (bicyclic) bond motifs is 1. The number of nitrogens with zero attached hydrogens (tertiary/aromatic N) is 3. The van der Waals surface area contributed by atoms with E-state index in [9.17, 15) is 0 Å².